The zero-order valence-electron chi connectivity index (χ0n) is 7.50. The Bertz CT molecular complexity index is 325. The van der Waals surface area contributed by atoms with E-state index >= 15 is 0 Å². The van der Waals surface area contributed by atoms with Crippen LogP contribution in [0.25, 0.3) is 0 Å². The van der Waals surface area contributed by atoms with Crippen molar-refractivity contribution in [2.24, 2.45) is 5.90 Å². The molecule has 7 heteroatoms. The first-order valence-corrected chi connectivity index (χ1v) is 3.74. The van der Waals surface area contributed by atoms with Gasteiger partial charge in [-0.3, -0.25) is 0 Å². The van der Waals surface area contributed by atoms with Gasteiger partial charge in [0.25, 0.3) is 0 Å². The highest BCUT2D eigenvalue weighted by Gasteiger charge is 2.13. The second-order valence-corrected chi connectivity index (χ2v) is 2.39. The first-order valence-electron chi connectivity index (χ1n) is 3.74. The normalized spacial score (nSPS) is 9.60. The van der Waals surface area contributed by atoms with Crippen molar-refractivity contribution in [1.82, 2.24) is 0 Å². The molecule has 0 saturated carbocycles. The Balaban J connectivity index is 0.00000196. The maximum atomic E-state index is 12.9. The summed E-state index contributed by atoms with van der Waals surface area (Å²) in [6.45, 7) is -0.0169. The summed E-state index contributed by atoms with van der Waals surface area (Å²) in [5.41, 5.74) is 0. The number of rotatable bonds is 4. The van der Waals surface area contributed by atoms with Gasteiger partial charge in [-0.15, -0.1) is 12.4 Å². The average Bonchev–Trinajstić information content (AvgIpc) is 2.18. The van der Waals surface area contributed by atoms with Crippen LogP contribution in [0.1, 0.15) is 0 Å². The lowest BCUT2D eigenvalue weighted by atomic mass is 10.3. The van der Waals surface area contributed by atoms with Crippen LogP contribution in [-0.4, -0.2) is 13.2 Å². The van der Waals surface area contributed by atoms with Crippen molar-refractivity contribution in [2.75, 3.05) is 13.2 Å². The largest absolute Gasteiger partial charge is 0.488 e. The molecule has 1 aromatic carbocycles. The number of halogens is 4. The van der Waals surface area contributed by atoms with Crippen LogP contribution < -0.4 is 10.6 Å². The van der Waals surface area contributed by atoms with E-state index in [2.05, 4.69) is 10.7 Å². The molecule has 0 aromatic heterocycles. The van der Waals surface area contributed by atoms with Gasteiger partial charge >= 0.3 is 0 Å². The molecular weight excluding hydrogens is 235 g/mol. The Morgan fingerprint density at radius 2 is 1.73 bits per heavy atom. The molecule has 0 radical (unpaired) electrons. The van der Waals surface area contributed by atoms with Crippen molar-refractivity contribution in [3.63, 3.8) is 0 Å². The van der Waals surface area contributed by atoms with Crippen molar-refractivity contribution in [3.05, 3.63) is 29.6 Å². The number of nitrogens with two attached hydrogens (primary N) is 1. The molecule has 2 N–H and O–H groups in total. The van der Waals surface area contributed by atoms with Crippen LogP contribution in [0.4, 0.5) is 13.2 Å². The Hall–Kier alpha value is -0.980. The van der Waals surface area contributed by atoms with Crippen molar-refractivity contribution < 1.29 is 22.7 Å². The number of hydrogen-bond acceptors (Lipinski definition) is 3. The van der Waals surface area contributed by atoms with E-state index in [0.717, 1.165) is 12.1 Å². The third kappa shape index (κ3) is 3.58. The van der Waals surface area contributed by atoms with E-state index in [1.54, 1.807) is 0 Å². The average molecular weight is 244 g/mol. The van der Waals surface area contributed by atoms with Gasteiger partial charge in [-0.25, -0.2) is 14.7 Å². The summed E-state index contributed by atoms with van der Waals surface area (Å²) in [4.78, 5) is 4.14. The zero-order valence-corrected chi connectivity index (χ0v) is 8.32. The minimum Gasteiger partial charge on any atom is -0.488 e. The predicted octanol–water partition coefficient (Wildman–Crippen LogP) is 1.79. The highest BCUT2D eigenvalue weighted by atomic mass is 35.5. The summed E-state index contributed by atoms with van der Waals surface area (Å²) in [5.74, 6) is 0.125. The molecule has 0 amide bonds. The molecule has 0 fully saturated rings. The lowest BCUT2D eigenvalue weighted by Crippen LogP contribution is -2.11. The monoisotopic (exact) mass is 243 g/mol. The molecular formula is C8H9ClF3NO2. The fraction of sp³-hybridized carbons (Fsp3) is 0.250. The summed E-state index contributed by atoms with van der Waals surface area (Å²) in [6.07, 6.45) is 0. The second kappa shape index (κ2) is 6.49. The van der Waals surface area contributed by atoms with Gasteiger partial charge in [-0.1, -0.05) is 0 Å². The number of hydrogen-bond donors (Lipinski definition) is 1. The van der Waals surface area contributed by atoms with Crippen LogP contribution in [0.5, 0.6) is 5.75 Å². The fourth-order valence-corrected chi connectivity index (χ4v) is 0.819. The molecule has 0 aliphatic heterocycles. The highest BCUT2D eigenvalue weighted by Crippen LogP contribution is 2.21. The molecule has 0 aliphatic carbocycles. The number of ether oxygens (including phenoxy) is 1. The van der Waals surface area contributed by atoms with Gasteiger partial charge in [-0.2, -0.15) is 4.39 Å². The highest BCUT2D eigenvalue weighted by molar-refractivity contribution is 5.85. The molecule has 3 nitrogen and oxygen atoms in total. The van der Waals surface area contributed by atoms with E-state index in [1.807, 2.05) is 0 Å². The summed E-state index contributed by atoms with van der Waals surface area (Å²) in [6, 6.07) is 1.77. The Labute approximate surface area is 90.3 Å². The van der Waals surface area contributed by atoms with E-state index in [-0.39, 0.29) is 31.4 Å². The van der Waals surface area contributed by atoms with Gasteiger partial charge < -0.3 is 9.57 Å². The predicted molar refractivity (Wildman–Crippen MR) is 49.2 cm³/mol. The quantitative estimate of drug-likeness (QED) is 0.498. The lowest BCUT2D eigenvalue weighted by molar-refractivity contribution is 0.0999. The second-order valence-electron chi connectivity index (χ2n) is 2.39. The first-order chi connectivity index (χ1) is 6.66. The third-order valence-corrected chi connectivity index (χ3v) is 1.46. The van der Waals surface area contributed by atoms with Crippen molar-refractivity contribution in [2.45, 2.75) is 0 Å². The molecule has 0 heterocycles. The van der Waals surface area contributed by atoms with Gasteiger partial charge in [0, 0.05) is 0 Å². The summed E-state index contributed by atoms with van der Waals surface area (Å²) >= 11 is 0. The van der Waals surface area contributed by atoms with E-state index < -0.39 is 17.5 Å². The smallest absolute Gasteiger partial charge is 0.203 e. The zero-order chi connectivity index (χ0) is 10.6. The summed E-state index contributed by atoms with van der Waals surface area (Å²) in [5, 5.41) is 0. The van der Waals surface area contributed by atoms with E-state index in [1.165, 1.54) is 0 Å². The van der Waals surface area contributed by atoms with Gasteiger partial charge in [0.2, 0.25) is 5.82 Å². The molecule has 0 bridgehead atoms. The van der Waals surface area contributed by atoms with Crippen LogP contribution in [0, 0.1) is 17.5 Å². The fourth-order valence-electron chi connectivity index (χ4n) is 0.819. The van der Waals surface area contributed by atoms with E-state index in [0.29, 0.717) is 0 Å². The van der Waals surface area contributed by atoms with Gasteiger partial charge in [0.05, 0.1) is 0 Å². The van der Waals surface area contributed by atoms with Gasteiger partial charge in [-0.05, 0) is 12.1 Å². The third-order valence-electron chi connectivity index (χ3n) is 1.46. The Kier molecular flexibility index (Phi) is 6.07. The number of benzene rings is 1. The summed E-state index contributed by atoms with van der Waals surface area (Å²) in [7, 11) is 0. The molecule has 0 saturated heterocycles. The van der Waals surface area contributed by atoms with Crippen LogP contribution in [0.2, 0.25) is 0 Å². The Morgan fingerprint density at radius 3 is 2.33 bits per heavy atom. The molecule has 86 valence electrons. The van der Waals surface area contributed by atoms with E-state index in [9.17, 15) is 13.2 Å². The SMILES string of the molecule is Cl.NOCCOc1ccc(F)c(F)c1F. The minimum atomic E-state index is -1.56. The van der Waals surface area contributed by atoms with Crippen molar-refractivity contribution in [1.29, 1.82) is 0 Å². The maximum absolute atomic E-state index is 12.9. The van der Waals surface area contributed by atoms with E-state index in [4.69, 9.17) is 4.74 Å². The maximum Gasteiger partial charge on any atom is 0.203 e. The molecule has 0 aliphatic rings. The Morgan fingerprint density at radius 1 is 1.07 bits per heavy atom. The summed E-state index contributed by atoms with van der Waals surface area (Å²) < 4.78 is 42.7. The van der Waals surface area contributed by atoms with Crippen LogP contribution in [0.15, 0.2) is 12.1 Å². The first kappa shape index (κ1) is 14.0. The lowest BCUT2D eigenvalue weighted by Gasteiger charge is -2.06. The molecule has 0 atom stereocenters. The van der Waals surface area contributed by atoms with Crippen LogP contribution in [0.3, 0.4) is 0 Å². The topological polar surface area (TPSA) is 44.5 Å². The minimum absolute atomic E-state index is 0. The molecule has 1 rings (SSSR count). The van der Waals surface area contributed by atoms with Gasteiger partial charge in [0.1, 0.15) is 13.2 Å². The van der Waals surface area contributed by atoms with Crippen LogP contribution in [-0.2, 0) is 4.84 Å². The molecule has 0 unspecified atom stereocenters. The molecule has 0 spiro atoms. The van der Waals surface area contributed by atoms with Crippen molar-refractivity contribution >= 4 is 12.4 Å². The van der Waals surface area contributed by atoms with Crippen LogP contribution >= 0.6 is 12.4 Å². The molecule has 1 aromatic rings. The standard InChI is InChI=1S/C8H8F3NO2.ClH/c9-5-1-2-6(8(11)7(5)10)13-3-4-14-12;/h1-2H,3-4,12H2;1H. The molecule has 15 heavy (non-hydrogen) atoms. The van der Waals surface area contributed by atoms with Crippen molar-refractivity contribution in [3.8, 4) is 5.75 Å². The van der Waals surface area contributed by atoms with Gasteiger partial charge in [0.15, 0.2) is 17.4 Å².